The van der Waals surface area contributed by atoms with E-state index in [1.807, 2.05) is 0 Å². The highest BCUT2D eigenvalue weighted by Gasteiger charge is 2.60. The van der Waals surface area contributed by atoms with E-state index in [4.69, 9.17) is 0 Å². The third-order valence-corrected chi connectivity index (χ3v) is 5.36. The van der Waals surface area contributed by atoms with E-state index in [0.29, 0.717) is 0 Å². The van der Waals surface area contributed by atoms with Gasteiger partial charge in [0.1, 0.15) is 5.60 Å². The monoisotopic (exact) mass is 228 g/mol. The van der Waals surface area contributed by atoms with E-state index in [1.54, 1.807) is 0 Å². The summed E-state index contributed by atoms with van der Waals surface area (Å²) in [6.45, 7) is 1.42. The predicted octanol–water partition coefficient (Wildman–Crippen LogP) is -0.819. The van der Waals surface area contributed by atoms with E-state index in [9.17, 15) is 16.8 Å². The molecular weight excluding hydrogens is 220 g/mol. The van der Waals surface area contributed by atoms with Gasteiger partial charge in [0.2, 0.25) is 5.44 Å². The average Bonchev–Trinajstić information content (AvgIpc) is 2.28. The van der Waals surface area contributed by atoms with Crippen LogP contribution in [-0.2, 0) is 28.6 Å². The fraction of sp³-hybridized carbons (Fsp3) is 1.00. The van der Waals surface area contributed by atoms with Gasteiger partial charge in [0.05, 0.1) is 5.75 Å². The second-order valence-electron chi connectivity index (χ2n) is 3.35. The molecule has 2 aliphatic heterocycles. The van der Waals surface area contributed by atoms with E-state index in [1.165, 1.54) is 6.92 Å². The largest absolute Gasteiger partial charge is 0.401 e. The molecule has 0 radical (unpaired) electrons. The minimum Gasteiger partial charge on any atom is -0.238 e. The average molecular weight is 228 g/mol. The standard InChI is InChI=1S/C5H8O6S2/c1-5-2-3-12(6,7)4(5)10-13(8,9)11-5/h4H,2-3H2,1H3. The van der Waals surface area contributed by atoms with Crippen molar-refractivity contribution < 1.29 is 25.2 Å². The predicted molar refractivity (Wildman–Crippen MR) is 41.7 cm³/mol. The van der Waals surface area contributed by atoms with E-state index in [2.05, 4.69) is 8.37 Å². The Morgan fingerprint density at radius 3 is 2.46 bits per heavy atom. The molecule has 0 aromatic rings. The molecular formula is C5H8O6S2. The maximum Gasteiger partial charge on any atom is 0.401 e. The SMILES string of the molecule is CC12CCS(=O)(=O)C1OS(=O)(=O)O2. The molecule has 0 N–H and O–H groups in total. The lowest BCUT2D eigenvalue weighted by atomic mass is 10.1. The third-order valence-electron chi connectivity index (χ3n) is 2.21. The molecule has 2 fully saturated rings. The molecule has 0 aromatic carbocycles. The van der Waals surface area contributed by atoms with Crippen molar-refractivity contribution in [2.24, 2.45) is 0 Å². The molecule has 6 nitrogen and oxygen atoms in total. The molecule has 13 heavy (non-hydrogen) atoms. The summed E-state index contributed by atoms with van der Waals surface area (Å²) < 4.78 is 53.1. The third kappa shape index (κ3) is 1.28. The zero-order valence-corrected chi connectivity index (χ0v) is 8.39. The first kappa shape index (κ1) is 9.38. The van der Waals surface area contributed by atoms with Gasteiger partial charge < -0.3 is 0 Å². The molecule has 0 aliphatic carbocycles. The van der Waals surface area contributed by atoms with Gasteiger partial charge in [-0.15, -0.1) is 0 Å². The summed E-state index contributed by atoms with van der Waals surface area (Å²) in [6.07, 6.45) is 0.152. The Balaban J connectivity index is 2.52. The zero-order chi connectivity index (χ0) is 9.91. The van der Waals surface area contributed by atoms with Crippen LogP contribution in [-0.4, -0.2) is 33.6 Å². The minimum atomic E-state index is -4.11. The van der Waals surface area contributed by atoms with Crippen LogP contribution in [0.25, 0.3) is 0 Å². The smallest absolute Gasteiger partial charge is 0.238 e. The van der Waals surface area contributed by atoms with E-state index < -0.39 is 31.3 Å². The van der Waals surface area contributed by atoms with Gasteiger partial charge >= 0.3 is 10.4 Å². The van der Waals surface area contributed by atoms with Crippen LogP contribution in [0.15, 0.2) is 0 Å². The summed E-state index contributed by atoms with van der Waals surface area (Å²) in [5.74, 6) is -0.0936. The van der Waals surface area contributed by atoms with E-state index in [-0.39, 0.29) is 12.2 Å². The van der Waals surface area contributed by atoms with Gasteiger partial charge in [0.25, 0.3) is 0 Å². The molecule has 2 unspecified atom stereocenters. The lowest BCUT2D eigenvalue weighted by Crippen LogP contribution is -2.33. The molecule has 0 saturated carbocycles. The first-order valence-corrected chi connectivity index (χ1v) is 6.66. The summed E-state index contributed by atoms with van der Waals surface area (Å²) in [5, 5.41) is 0. The molecule has 2 aliphatic rings. The molecule has 2 heterocycles. The molecule has 2 atom stereocenters. The van der Waals surface area contributed by atoms with Crippen molar-refractivity contribution in [3.63, 3.8) is 0 Å². The van der Waals surface area contributed by atoms with Crippen molar-refractivity contribution in [2.45, 2.75) is 24.4 Å². The van der Waals surface area contributed by atoms with Crippen LogP contribution >= 0.6 is 0 Å². The number of fused-ring (bicyclic) bond motifs is 1. The highest BCUT2D eigenvalue weighted by atomic mass is 32.3. The van der Waals surface area contributed by atoms with Crippen molar-refractivity contribution >= 4 is 20.2 Å². The van der Waals surface area contributed by atoms with Gasteiger partial charge in [0.15, 0.2) is 9.84 Å². The quantitative estimate of drug-likeness (QED) is 0.538. The van der Waals surface area contributed by atoms with Crippen molar-refractivity contribution in [1.29, 1.82) is 0 Å². The van der Waals surface area contributed by atoms with Crippen molar-refractivity contribution in [3.8, 4) is 0 Å². The highest BCUT2D eigenvalue weighted by molar-refractivity contribution is 7.93. The number of sulfone groups is 1. The fourth-order valence-corrected chi connectivity index (χ4v) is 5.30. The molecule has 8 heteroatoms. The van der Waals surface area contributed by atoms with Crippen LogP contribution in [0.1, 0.15) is 13.3 Å². The Hall–Kier alpha value is -0.180. The maximum absolute atomic E-state index is 11.3. The molecule has 0 spiro atoms. The summed E-state index contributed by atoms with van der Waals surface area (Å²) in [7, 11) is -7.59. The van der Waals surface area contributed by atoms with Crippen LogP contribution < -0.4 is 0 Å². The van der Waals surface area contributed by atoms with E-state index >= 15 is 0 Å². The Labute approximate surface area is 76.1 Å². The second-order valence-corrected chi connectivity index (χ2v) is 6.69. The maximum atomic E-state index is 11.3. The summed E-state index contributed by atoms with van der Waals surface area (Å²) in [5.41, 5.74) is -2.58. The first-order valence-electron chi connectivity index (χ1n) is 3.61. The topological polar surface area (TPSA) is 86.7 Å². The van der Waals surface area contributed by atoms with E-state index in [0.717, 1.165) is 0 Å². The number of hydrogen-bond acceptors (Lipinski definition) is 6. The molecule has 2 rings (SSSR count). The fourth-order valence-electron chi connectivity index (χ4n) is 1.55. The molecule has 76 valence electrons. The number of hydrogen-bond donors (Lipinski definition) is 0. The second kappa shape index (κ2) is 2.25. The van der Waals surface area contributed by atoms with Gasteiger partial charge in [0, 0.05) is 0 Å². The van der Waals surface area contributed by atoms with Crippen molar-refractivity contribution in [2.75, 3.05) is 5.75 Å². The lowest BCUT2D eigenvalue weighted by molar-refractivity contribution is 0.105. The van der Waals surface area contributed by atoms with Gasteiger partial charge in [-0.1, -0.05) is 0 Å². The summed E-state index contributed by atoms with van der Waals surface area (Å²) in [6, 6.07) is 0. The Morgan fingerprint density at radius 1 is 1.31 bits per heavy atom. The summed E-state index contributed by atoms with van der Waals surface area (Å²) in [4.78, 5) is 0. The summed E-state index contributed by atoms with van der Waals surface area (Å²) >= 11 is 0. The normalized spacial score (nSPS) is 46.1. The first-order chi connectivity index (χ1) is 5.75. The number of rotatable bonds is 0. The molecule has 0 bridgehead atoms. The van der Waals surface area contributed by atoms with Crippen LogP contribution in [0.4, 0.5) is 0 Å². The van der Waals surface area contributed by atoms with Crippen LogP contribution in [0.3, 0.4) is 0 Å². The Bertz CT molecular complexity index is 434. The lowest BCUT2D eigenvalue weighted by Gasteiger charge is -2.14. The molecule has 0 aromatic heterocycles. The molecule has 2 saturated heterocycles. The zero-order valence-electron chi connectivity index (χ0n) is 6.76. The van der Waals surface area contributed by atoms with Gasteiger partial charge in [-0.05, 0) is 13.3 Å². The van der Waals surface area contributed by atoms with Crippen molar-refractivity contribution in [3.05, 3.63) is 0 Å². The van der Waals surface area contributed by atoms with Crippen LogP contribution in [0, 0.1) is 0 Å². The van der Waals surface area contributed by atoms with Crippen LogP contribution in [0.2, 0.25) is 0 Å². The Morgan fingerprint density at radius 2 is 1.92 bits per heavy atom. The van der Waals surface area contributed by atoms with Gasteiger partial charge in [-0.3, -0.25) is 0 Å². The van der Waals surface area contributed by atoms with Crippen molar-refractivity contribution in [1.82, 2.24) is 0 Å². The Kier molecular flexibility index (Phi) is 1.62. The van der Waals surface area contributed by atoms with Crippen LogP contribution in [0.5, 0.6) is 0 Å². The minimum absolute atomic E-state index is 0.0936. The van der Waals surface area contributed by atoms with Gasteiger partial charge in [-0.2, -0.15) is 8.42 Å². The van der Waals surface area contributed by atoms with Gasteiger partial charge in [-0.25, -0.2) is 16.8 Å². The highest BCUT2D eigenvalue weighted by Crippen LogP contribution is 2.42. The molecule has 0 amide bonds.